The van der Waals surface area contributed by atoms with Crippen LogP contribution in [-0.2, 0) is 17.6 Å². The summed E-state index contributed by atoms with van der Waals surface area (Å²) in [6.07, 6.45) is 2.12. The number of carbonyl (C=O) groups is 1. The van der Waals surface area contributed by atoms with Crippen molar-refractivity contribution in [2.75, 3.05) is 7.11 Å². The van der Waals surface area contributed by atoms with E-state index in [0.29, 0.717) is 17.3 Å². The Labute approximate surface area is 101 Å². The van der Waals surface area contributed by atoms with Crippen LogP contribution in [0.5, 0.6) is 5.88 Å². The van der Waals surface area contributed by atoms with Crippen molar-refractivity contribution in [2.24, 2.45) is 5.41 Å². The number of aromatic nitrogens is 2. The Balaban J connectivity index is 2.96. The first kappa shape index (κ1) is 13.4. The molecule has 0 aliphatic carbocycles. The zero-order valence-electron chi connectivity index (χ0n) is 10.6. The highest BCUT2D eigenvalue weighted by Gasteiger charge is 2.16. The van der Waals surface area contributed by atoms with E-state index < -0.39 is 5.97 Å². The number of nitrogens with zero attached hydrogens (tertiary/aromatic N) is 2. The summed E-state index contributed by atoms with van der Waals surface area (Å²) in [6, 6.07) is 0. The van der Waals surface area contributed by atoms with Gasteiger partial charge in [-0.2, -0.15) is 4.98 Å². The standard InChI is InChI=1S/C12H18N2O3/c1-12(2,3)6-9-13-7-8(5-10(15)16)11(14-9)17-4/h7H,5-6H2,1-4H3,(H,15,16). The smallest absolute Gasteiger partial charge is 0.308 e. The average Bonchev–Trinajstić information content (AvgIpc) is 2.17. The third-order valence-electron chi connectivity index (χ3n) is 2.10. The second-order valence-electron chi connectivity index (χ2n) is 5.13. The van der Waals surface area contributed by atoms with Gasteiger partial charge < -0.3 is 9.84 Å². The Bertz CT molecular complexity index is 411. The van der Waals surface area contributed by atoms with E-state index in [2.05, 4.69) is 30.7 Å². The molecule has 1 aromatic rings. The van der Waals surface area contributed by atoms with Gasteiger partial charge in [0.15, 0.2) is 0 Å². The van der Waals surface area contributed by atoms with Gasteiger partial charge >= 0.3 is 5.97 Å². The Hall–Kier alpha value is -1.65. The van der Waals surface area contributed by atoms with Crippen LogP contribution in [0.1, 0.15) is 32.2 Å². The first-order valence-corrected chi connectivity index (χ1v) is 5.42. The summed E-state index contributed by atoms with van der Waals surface area (Å²) in [4.78, 5) is 19.0. The monoisotopic (exact) mass is 238 g/mol. The van der Waals surface area contributed by atoms with Crippen LogP contribution in [0.25, 0.3) is 0 Å². The van der Waals surface area contributed by atoms with E-state index in [4.69, 9.17) is 9.84 Å². The van der Waals surface area contributed by atoms with Crippen LogP contribution in [0.4, 0.5) is 0 Å². The van der Waals surface area contributed by atoms with Gasteiger partial charge in [-0.05, 0) is 5.41 Å². The molecule has 0 aliphatic heterocycles. The molecule has 0 atom stereocenters. The molecule has 1 aromatic heterocycles. The van der Waals surface area contributed by atoms with Crippen LogP contribution in [0.3, 0.4) is 0 Å². The summed E-state index contributed by atoms with van der Waals surface area (Å²) < 4.78 is 5.09. The molecule has 0 saturated carbocycles. The van der Waals surface area contributed by atoms with E-state index in [0.717, 1.165) is 6.42 Å². The van der Waals surface area contributed by atoms with Crippen LogP contribution in [-0.4, -0.2) is 28.2 Å². The Morgan fingerprint density at radius 1 is 1.47 bits per heavy atom. The average molecular weight is 238 g/mol. The lowest BCUT2D eigenvalue weighted by molar-refractivity contribution is -0.136. The molecule has 1 rings (SSSR count). The van der Waals surface area contributed by atoms with Crippen molar-refractivity contribution in [3.8, 4) is 5.88 Å². The van der Waals surface area contributed by atoms with Gasteiger partial charge in [-0.3, -0.25) is 4.79 Å². The van der Waals surface area contributed by atoms with Crippen LogP contribution in [0.15, 0.2) is 6.20 Å². The zero-order chi connectivity index (χ0) is 13.1. The van der Waals surface area contributed by atoms with Crippen molar-refractivity contribution in [3.63, 3.8) is 0 Å². The molecule has 94 valence electrons. The molecule has 1 heterocycles. The van der Waals surface area contributed by atoms with Gasteiger partial charge in [0.05, 0.1) is 13.5 Å². The van der Waals surface area contributed by atoms with Gasteiger partial charge in [-0.1, -0.05) is 20.8 Å². The van der Waals surface area contributed by atoms with E-state index in [1.165, 1.54) is 13.3 Å². The number of hydrogen-bond acceptors (Lipinski definition) is 4. The second kappa shape index (κ2) is 5.12. The minimum atomic E-state index is -0.921. The fourth-order valence-corrected chi connectivity index (χ4v) is 1.45. The number of aliphatic carboxylic acids is 1. The van der Waals surface area contributed by atoms with Crippen LogP contribution < -0.4 is 4.74 Å². The maximum absolute atomic E-state index is 10.6. The van der Waals surface area contributed by atoms with Crippen molar-refractivity contribution >= 4 is 5.97 Å². The fourth-order valence-electron chi connectivity index (χ4n) is 1.45. The zero-order valence-corrected chi connectivity index (χ0v) is 10.6. The highest BCUT2D eigenvalue weighted by Crippen LogP contribution is 2.21. The summed E-state index contributed by atoms with van der Waals surface area (Å²) in [5, 5.41) is 8.73. The van der Waals surface area contributed by atoms with Gasteiger partial charge in [0.2, 0.25) is 5.88 Å². The molecule has 0 unspecified atom stereocenters. The minimum absolute atomic E-state index is 0.0827. The molecule has 1 N–H and O–H groups in total. The maximum Gasteiger partial charge on any atom is 0.308 e. The van der Waals surface area contributed by atoms with E-state index in [1.54, 1.807) is 0 Å². The highest BCUT2D eigenvalue weighted by molar-refractivity contribution is 5.70. The van der Waals surface area contributed by atoms with Gasteiger partial charge in [-0.15, -0.1) is 0 Å². The third-order valence-corrected chi connectivity index (χ3v) is 2.10. The Morgan fingerprint density at radius 2 is 2.12 bits per heavy atom. The molecule has 0 bridgehead atoms. The van der Waals surface area contributed by atoms with Gasteiger partial charge in [-0.25, -0.2) is 4.98 Å². The highest BCUT2D eigenvalue weighted by atomic mass is 16.5. The SMILES string of the molecule is COc1nc(CC(C)(C)C)ncc1CC(=O)O. The van der Waals surface area contributed by atoms with Crippen molar-refractivity contribution in [2.45, 2.75) is 33.6 Å². The molecule has 5 nitrogen and oxygen atoms in total. The molecule has 0 fully saturated rings. The molecule has 0 spiro atoms. The van der Waals surface area contributed by atoms with E-state index in [-0.39, 0.29) is 11.8 Å². The number of hydrogen-bond donors (Lipinski definition) is 1. The predicted molar refractivity (Wildman–Crippen MR) is 63.1 cm³/mol. The molecule has 0 aromatic carbocycles. The number of carboxylic acids is 1. The van der Waals surface area contributed by atoms with Crippen LogP contribution in [0, 0.1) is 5.41 Å². The van der Waals surface area contributed by atoms with E-state index >= 15 is 0 Å². The quantitative estimate of drug-likeness (QED) is 0.864. The largest absolute Gasteiger partial charge is 0.481 e. The summed E-state index contributed by atoms with van der Waals surface area (Å²) >= 11 is 0. The second-order valence-corrected chi connectivity index (χ2v) is 5.13. The topological polar surface area (TPSA) is 72.3 Å². The molecular weight excluding hydrogens is 220 g/mol. The van der Waals surface area contributed by atoms with Gasteiger partial charge in [0, 0.05) is 18.2 Å². The molecular formula is C12H18N2O3. The lowest BCUT2D eigenvalue weighted by Gasteiger charge is -2.17. The lowest BCUT2D eigenvalue weighted by atomic mass is 9.92. The van der Waals surface area contributed by atoms with Crippen molar-refractivity contribution in [1.29, 1.82) is 0 Å². The third kappa shape index (κ3) is 4.38. The van der Waals surface area contributed by atoms with Crippen molar-refractivity contribution < 1.29 is 14.6 Å². The van der Waals surface area contributed by atoms with Crippen LogP contribution >= 0.6 is 0 Å². The van der Waals surface area contributed by atoms with Crippen molar-refractivity contribution in [1.82, 2.24) is 9.97 Å². The Kier molecular flexibility index (Phi) is 4.04. The molecule has 0 amide bonds. The summed E-state index contributed by atoms with van der Waals surface area (Å²) in [5.74, 6) is 0.0978. The molecule has 5 heteroatoms. The van der Waals surface area contributed by atoms with Gasteiger partial charge in [0.1, 0.15) is 5.82 Å². The van der Waals surface area contributed by atoms with E-state index in [9.17, 15) is 4.79 Å². The van der Waals surface area contributed by atoms with E-state index in [1.807, 2.05) is 0 Å². The summed E-state index contributed by atoms with van der Waals surface area (Å²) in [7, 11) is 1.48. The number of carboxylic acid groups (broad SMARTS) is 1. The first-order chi connectivity index (χ1) is 7.81. The molecule has 0 saturated heterocycles. The van der Waals surface area contributed by atoms with Crippen LogP contribution in [0.2, 0.25) is 0 Å². The number of methoxy groups -OCH3 is 1. The lowest BCUT2D eigenvalue weighted by Crippen LogP contribution is -2.13. The van der Waals surface area contributed by atoms with Gasteiger partial charge in [0.25, 0.3) is 0 Å². The fraction of sp³-hybridized carbons (Fsp3) is 0.583. The first-order valence-electron chi connectivity index (χ1n) is 5.42. The number of ether oxygens (including phenoxy) is 1. The summed E-state index contributed by atoms with van der Waals surface area (Å²) in [6.45, 7) is 6.27. The number of rotatable bonds is 4. The molecule has 17 heavy (non-hydrogen) atoms. The maximum atomic E-state index is 10.6. The van der Waals surface area contributed by atoms with Crippen molar-refractivity contribution in [3.05, 3.63) is 17.6 Å². The summed E-state index contributed by atoms with van der Waals surface area (Å²) in [5.41, 5.74) is 0.580. The minimum Gasteiger partial charge on any atom is -0.481 e. The molecule has 0 radical (unpaired) electrons. The Morgan fingerprint density at radius 3 is 2.59 bits per heavy atom. The molecule has 0 aliphatic rings. The predicted octanol–water partition coefficient (Wildman–Crippen LogP) is 1.70. The normalized spacial score (nSPS) is 11.3.